The van der Waals surface area contributed by atoms with Gasteiger partial charge in [-0.2, -0.15) is 4.98 Å². The van der Waals surface area contributed by atoms with E-state index in [4.69, 9.17) is 16.1 Å². The number of aryl methyl sites for hydroxylation is 2. The van der Waals surface area contributed by atoms with Crippen molar-refractivity contribution in [2.45, 2.75) is 39.2 Å². The Morgan fingerprint density at radius 3 is 2.72 bits per heavy atom. The number of aromatic nitrogens is 2. The molecule has 2 aromatic carbocycles. The molecule has 168 valence electrons. The molecule has 0 radical (unpaired) electrons. The molecule has 1 aromatic heterocycles. The molecule has 1 N–H and O–H groups in total. The number of hydrogen-bond acceptors (Lipinski definition) is 5. The lowest BCUT2D eigenvalue weighted by Crippen LogP contribution is -2.40. The molecule has 1 fully saturated rings. The van der Waals surface area contributed by atoms with Crippen molar-refractivity contribution in [2.75, 3.05) is 19.6 Å². The molecule has 2 heterocycles. The van der Waals surface area contributed by atoms with Gasteiger partial charge in [0.15, 0.2) is 0 Å². The summed E-state index contributed by atoms with van der Waals surface area (Å²) in [6.45, 7) is 5.10. The summed E-state index contributed by atoms with van der Waals surface area (Å²) in [7, 11) is 0. The van der Waals surface area contributed by atoms with Crippen molar-refractivity contribution in [3.63, 3.8) is 0 Å². The Bertz CT molecular complexity index is 1030. The third-order valence-corrected chi connectivity index (χ3v) is 6.17. The van der Waals surface area contributed by atoms with E-state index in [1.165, 1.54) is 11.1 Å². The van der Waals surface area contributed by atoms with Gasteiger partial charge in [-0.3, -0.25) is 9.69 Å². The van der Waals surface area contributed by atoms with E-state index in [1.807, 2.05) is 24.3 Å². The molecule has 0 aliphatic carbocycles. The first-order valence-electron chi connectivity index (χ1n) is 11.2. The van der Waals surface area contributed by atoms with E-state index in [0.717, 1.165) is 50.9 Å². The van der Waals surface area contributed by atoms with E-state index < -0.39 is 0 Å². The summed E-state index contributed by atoms with van der Waals surface area (Å²) in [6.07, 6.45) is 3.64. The third-order valence-electron chi connectivity index (χ3n) is 5.93. The van der Waals surface area contributed by atoms with E-state index in [1.54, 1.807) is 0 Å². The zero-order valence-electron chi connectivity index (χ0n) is 18.4. The second-order valence-corrected chi connectivity index (χ2v) is 8.89. The predicted octanol–water partition coefficient (Wildman–Crippen LogP) is 4.66. The molecule has 0 saturated carbocycles. The number of nitrogens with zero attached hydrogens (tertiary/aromatic N) is 3. The number of carbonyl (C=O) groups excluding carboxylic acids is 1. The molecule has 32 heavy (non-hydrogen) atoms. The molecule has 0 bridgehead atoms. The number of piperidine rings is 1. The third kappa shape index (κ3) is 6.17. The highest BCUT2D eigenvalue weighted by molar-refractivity contribution is 6.30. The van der Waals surface area contributed by atoms with Crippen LogP contribution in [0.1, 0.15) is 36.3 Å². The van der Waals surface area contributed by atoms with Crippen LogP contribution in [0.25, 0.3) is 11.4 Å². The average Bonchev–Trinajstić information content (AvgIpc) is 3.27. The van der Waals surface area contributed by atoms with Crippen molar-refractivity contribution in [3.05, 3.63) is 70.6 Å². The quantitative estimate of drug-likeness (QED) is 0.503. The summed E-state index contributed by atoms with van der Waals surface area (Å²) in [4.78, 5) is 19.3. The predicted molar refractivity (Wildman–Crippen MR) is 125 cm³/mol. The molecule has 1 saturated heterocycles. The summed E-state index contributed by atoms with van der Waals surface area (Å²) in [5, 5.41) is 7.83. The highest BCUT2D eigenvalue weighted by Crippen LogP contribution is 2.22. The van der Waals surface area contributed by atoms with Gasteiger partial charge in [0.05, 0.1) is 6.54 Å². The number of likely N-dealkylation sites (tertiary alicyclic amines) is 1. The van der Waals surface area contributed by atoms with Gasteiger partial charge in [-0.15, -0.1) is 0 Å². The van der Waals surface area contributed by atoms with Crippen LogP contribution in [-0.4, -0.2) is 40.6 Å². The summed E-state index contributed by atoms with van der Waals surface area (Å²) < 4.78 is 5.42. The van der Waals surface area contributed by atoms with Crippen LogP contribution in [0, 0.1) is 12.8 Å². The molecule has 6 nitrogen and oxygen atoms in total. The first kappa shape index (κ1) is 22.5. The van der Waals surface area contributed by atoms with Crippen LogP contribution < -0.4 is 5.32 Å². The van der Waals surface area contributed by atoms with Gasteiger partial charge in [-0.05, 0) is 63.4 Å². The fourth-order valence-corrected chi connectivity index (χ4v) is 4.20. The Labute approximate surface area is 194 Å². The largest absolute Gasteiger partial charge is 0.356 e. The van der Waals surface area contributed by atoms with E-state index in [-0.39, 0.29) is 11.8 Å². The normalized spacial score (nSPS) is 15.1. The SMILES string of the molecule is Cc1ccc(CCCNC(=O)C2CCN(Cc3nc(-c4cccc(Cl)c4)no3)CC2)cc1. The number of carbonyl (C=O) groups is 1. The van der Waals surface area contributed by atoms with Crippen LogP contribution in [0.4, 0.5) is 0 Å². The standard InChI is InChI=1S/C25H29ClN4O2/c1-18-7-9-19(10-8-18)4-3-13-27-25(31)20-11-14-30(15-12-20)17-23-28-24(29-32-23)21-5-2-6-22(26)16-21/h2,5-10,16,20H,3-4,11-15,17H2,1H3,(H,27,31). The van der Waals surface area contributed by atoms with Crippen molar-refractivity contribution in [2.24, 2.45) is 5.92 Å². The molecule has 0 atom stereocenters. The Hall–Kier alpha value is -2.70. The lowest BCUT2D eigenvalue weighted by Gasteiger charge is -2.30. The Kier molecular flexibility index (Phi) is 7.55. The van der Waals surface area contributed by atoms with Crippen molar-refractivity contribution in [3.8, 4) is 11.4 Å². The van der Waals surface area contributed by atoms with Gasteiger partial charge in [0, 0.05) is 23.0 Å². The highest BCUT2D eigenvalue weighted by atomic mass is 35.5. The number of benzene rings is 2. The maximum atomic E-state index is 12.5. The van der Waals surface area contributed by atoms with Crippen LogP contribution in [0.15, 0.2) is 53.1 Å². The number of hydrogen-bond donors (Lipinski definition) is 1. The zero-order valence-corrected chi connectivity index (χ0v) is 19.1. The number of halogens is 1. The number of nitrogens with one attached hydrogen (secondary N) is 1. The maximum absolute atomic E-state index is 12.5. The summed E-state index contributed by atoms with van der Waals surface area (Å²) in [5.74, 6) is 1.38. The van der Waals surface area contributed by atoms with Crippen molar-refractivity contribution < 1.29 is 9.32 Å². The molecule has 3 aromatic rings. The smallest absolute Gasteiger partial charge is 0.241 e. The molecule has 0 unspecified atom stereocenters. The fraction of sp³-hybridized carbons (Fsp3) is 0.400. The van der Waals surface area contributed by atoms with Gasteiger partial charge in [0.25, 0.3) is 0 Å². The van der Waals surface area contributed by atoms with E-state index in [0.29, 0.717) is 23.3 Å². The fourth-order valence-electron chi connectivity index (χ4n) is 4.01. The van der Waals surface area contributed by atoms with E-state index >= 15 is 0 Å². The minimum atomic E-state index is 0.0790. The van der Waals surface area contributed by atoms with Crippen molar-refractivity contribution in [1.29, 1.82) is 0 Å². The average molecular weight is 453 g/mol. The molecule has 1 amide bonds. The van der Waals surface area contributed by atoms with Crippen LogP contribution in [-0.2, 0) is 17.8 Å². The van der Waals surface area contributed by atoms with Gasteiger partial charge in [0.2, 0.25) is 17.6 Å². The summed E-state index contributed by atoms with van der Waals surface area (Å²) in [5.41, 5.74) is 3.43. The zero-order chi connectivity index (χ0) is 22.3. The molecule has 4 rings (SSSR count). The van der Waals surface area contributed by atoms with Crippen LogP contribution >= 0.6 is 11.6 Å². The Morgan fingerprint density at radius 2 is 1.97 bits per heavy atom. The first-order valence-corrected chi connectivity index (χ1v) is 11.6. The van der Waals surface area contributed by atoms with Gasteiger partial charge in [-0.25, -0.2) is 0 Å². The minimum absolute atomic E-state index is 0.0790. The number of rotatable bonds is 8. The van der Waals surface area contributed by atoms with Crippen molar-refractivity contribution >= 4 is 17.5 Å². The minimum Gasteiger partial charge on any atom is -0.356 e. The first-order chi connectivity index (χ1) is 15.6. The van der Waals surface area contributed by atoms with Crippen molar-refractivity contribution in [1.82, 2.24) is 20.4 Å². The maximum Gasteiger partial charge on any atom is 0.241 e. The van der Waals surface area contributed by atoms with Crippen LogP contribution in [0.5, 0.6) is 0 Å². The molecule has 1 aliphatic heterocycles. The monoisotopic (exact) mass is 452 g/mol. The molecule has 1 aliphatic rings. The van der Waals surface area contributed by atoms with Gasteiger partial charge < -0.3 is 9.84 Å². The molecule has 0 spiro atoms. The molecular formula is C25H29ClN4O2. The van der Waals surface area contributed by atoms with Gasteiger partial charge in [-0.1, -0.05) is 58.7 Å². The molecule has 7 heteroatoms. The number of amides is 1. The highest BCUT2D eigenvalue weighted by Gasteiger charge is 2.25. The Balaban J connectivity index is 1.17. The van der Waals surface area contributed by atoms with Gasteiger partial charge >= 0.3 is 0 Å². The van der Waals surface area contributed by atoms with Crippen LogP contribution in [0.2, 0.25) is 5.02 Å². The van der Waals surface area contributed by atoms with E-state index in [2.05, 4.69) is 51.5 Å². The lowest BCUT2D eigenvalue weighted by atomic mass is 9.96. The lowest BCUT2D eigenvalue weighted by molar-refractivity contribution is -0.126. The molecular weight excluding hydrogens is 424 g/mol. The second kappa shape index (κ2) is 10.7. The topological polar surface area (TPSA) is 71.3 Å². The summed E-state index contributed by atoms with van der Waals surface area (Å²) in [6, 6.07) is 16.0. The van der Waals surface area contributed by atoms with Gasteiger partial charge in [0.1, 0.15) is 0 Å². The Morgan fingerprint density at radius 1 is 1.19 bits per heavy atom. The summed E-state index contributed by atoms with van der Waals surface area (Å²) >= 11 is 6.04. The van der Waals surface area contributed by atoms with Crippen LogP contribution in [0.3, 0.4) is 0 Å². The second-order valence-electron chi connectivity index (χ2n) is 8.45. The van der Waals surface area contributed by atoms with E-state index in [9.17, 15) is 4.79 Å².